The number of ether oxygens (including phenoxy) is 1. The van der Waals surface area contributed by atoms with Crippen molar-refractivity contribution in [3.8, 4) is 0 Å². The van der Waals surface area contributed by atoms with Crippen LogP contribution in [0.5, 0.6) is 0 Å². The van der Waals surface area contributed by atoms with Crippen LogP contribution in [0.25, 0.3) is 0 Å². The van der Waals surface area contributed by atoms with Crippen LogP contribution in [0.15, 0.2) is 12.2 Å². The monoisotopic (exact) mass is 761 g/mol. The van der Waals surface area contributed by atoms with Gasteiger partial charge < -0.3 is 9.84 Å². The maximum absolute atomic E-state index is 12.0. The molecule has 0 rings (SSSR count). The van der Waals surface area contributed by atoms with Crippen molar-refractivity contribution in [1.29, 1.82) is 0 Å². The molecule has 0 aromatic carbocycles. The van der Waals surface area contributed by atoms with Crippen molar-refractivity contribution in [2.75, 3.05) is 6.61 Å². The average Bonchev–Trinajstić information content (AvgIpc) is 3.16. The van der Waals surface area contributed by atoms with Gasteiger partial charge in [-0.25, -0.2) is 0 Å². The van der Waals surface area contributed by atoms with Crippen molar-refractivity contribution in [1.82, 2.24) is 0 Å². The Morgan fingerprint density at radius 2 is 0.611 bits per heavy atom. The molecule has 0 spiro atoms. The first kappa shape index (κ1) is 52.7. The lowest BCUT2D eigenvalue weighted by Crippen LogP contribution is -2.05. The van der Waals surface area contributed by atoms with Crippen LogP contribution in [-0.4, -0.2) is 23.7 Å². The van der Waals surface area contributed by atoms with Crippen LogP contribution >= 0.6 is 0 Å². The topological polar surface area (TPSA) is 63.6 Å². The Morgan fingerprint density at radius 1 is 0.352 bits per heavy atom. The molecule has 0 unspecified atom stereocenters. The second-order valence-electron chi connectivity index (χ2n) is 17.0. The largest absolute Gasteiger partial charge is 0.481 e. The lowest BCUT2D eigenvalue weighted by molar-refractivity contribution is -0.144. The molecule has 0 heterocycles. The van der Waals surface area contributed by atoms with Gasteiger partial charge in [0.2, 0.25) is 0 Å². The Morgan fingerprint density at radius 3 is 0.926 bits per heavy atom. The van der Waals surface area contributed by atoms with Gasteiger partial charge in [-0.1, -0.05) is 244 Å². The summed E-state index contributed by atoms with van der Waals surface area (Å²) in [5.41, 5.74) is 0. The fourth-order valence-electron chi connectivity index (χ4n) is 7.75. The molecule has 0 aromatic rings. The average molecular weight is 761 g/mol. The van der Waals surface area contributed by atoms with Crippen molar-refractivity contribution >= 4 is 11.9 Å². The highest BCUT2D eigenvalue weighted by Gasteiger charge is 2.03. The Labute approximate surface area is 338 Å². The molecule has 4 nitrogen and oxygen atoms in total. The maximum atomic E-state index is 12.0. The number of hydrogen-bond acceptors (Lipinski definition) is 3. The van der Waals surface area contributed by atoms with E-state index < -0.39 is 5.97 Å². The molecule has 0 aromatic heterocycles. The van der Waals surface area contributed by atoms with Crippen LogP contribution in [0.4, 0.5) is 0 Å². The molecular weight excluding hydrogens is 665 g/mol. The number of allylic oxidation sites excluding steroid dienone is 2. The molecule has 320 valence electrons. The smallest absolute Gasteiger partial charge is 0.305 e. The van der Waals surface area contributed by atoms with Crippen LogP contribution in [0.1, 0.15) is 289 Å². The summed E-state index contributed by atoms with van der Waals surface area (Å²) in [5.74, 6) is -0.639. The van der Waals surface area contributed by atoms with E-state index in [2.05, 4.69) is 19.1 Å². The first-order chi connectivity index (χ1) is 26.7. The minimum Gasteiger partial charge on any atom is -0.481 e. The standard InChI is InChI=1S/C50H96O4/c1-2-3-4-5-6-7-8-9-25-29-32-35-38-41-44-47-50(53)54-48-45-42-39-36-33-30-27-24-22-20-18-16-14-12-10-11-13-15-17-19-21-23-26-28-31-34-37-40-43-46-49(51)52/h9,25H,2-8,10-24,26-48H2,1H3,(H,51,52)/b25-9-. The fourth-order valence-corrected chi connectivity index (χ4v) is 7.75. The Kier molecular flexibility index (Phi) is 46.7. The summed E-state index contributed by atoms with van der Waals surface area (Å²) in [6.45, 7) is 2.90. The molecule has 0 saturated heterocycles. The van der Waals surface area contributed by atoms with Crippen molar-refractivity contribution in [2.24, 2.45) is 0 Å². The minimum atomic E-state index is -0.653. The second-order valence-corrected chi connectivity index (χ2v) is 17.0. The highest BCUT2D eigenvalue weighted by Crippen LogP contribution is 2.17. The van der Waals surface area contributed by atoms with E-state index >= 15 is 0 Å². The number of aliphatic carboxylic acids is 1. The Hall–Kier alpha value is -1.32. The number of esters is 1. The predicted octanol–water partition coefficient (Wildman–Crippen LogP) is 17.4. The van der Waals surface area contributed by atoms with Crippen LogP contribution in [0.3, 0.4) is 0 Å². The molecule has 54 heavy (non-hydrogen) atoms. The summed E-state index contributed by atoms with van der Waals surface area (Å²) in [5, 5.41) is 8.66. The molecule has 4 heteroatoms. The summed E-state index contributed by atoms with van der Waals surface area (Å²) < 4.78 is 5.47. The molecule has 0 fully saturated rings. The number of rotatable bonds is 47. The van der Waals surface area contributed by atoms with Gasteiger partial charge in [0.1, 0.15) is 0 Å². The number of unbranched alkanes of at least 4 members (excludes halogenated alkanes) is 39. The zero-order chi connectivity index (χ0) is 39.1. The number of carboxylic acids is 1. The molecule has 0 amide bonds. The van der Waals surface area contributed by atoms with Crippen LogP contribution in [0, 0.1) is 0 Å². The Balaban J connectivity index is 3.15. The highest BCUT2D eigenvalue weighted by molar-refractivity contribution is 5.69. The van der Waals surface area contributed by atoms with Crippen molar-refractivity contribution in [2.45, 2.75) is 289 Å². The predicted molar refractivity (Wildman–Crippen MR) is 237 cm³/mol. The quantitative estimate of drug-likeness (QED) is 0.0381. The van der Waals surface area contributed by atoms with E-state index in [1.165, 1.54) is 238 Å². The van der Waals surface area contributed by atoms with E-state index in [-0.39, 0.29) is 5.97 Å². The molecule has 0 aliphatic carbocycles. The van der Waals surface area contributed by atoms with E-state index in [9.17, 15) is 9.59 Å². The summed E-state index contributed by atoms with van der Waals surface area (Å²) in [6, 6.07) is 0. The van der Waals surface area contributed by atoms with Crippen molar-refractivity contribution in [3.63, 3.8) is 0 Å². The van der Waals surface area contributed by atoms with E-state index in [1.807, 2.05) is 0 Å². The molecule has 0 saturated carbocycles. The van der Waals surface area contributed by atoms with Crippen LogP contribution in [0.2, 0.25) is 0 Å². The summed E-state index contributed by atoms with van der Waals surface area (Å²) >= 11 is 0. The van der Waals surface area contributed by atoms with Gasteiger partial charge in [0, 0.05) is 12.8 Å². The normalized spacial score (nSPS) is 11.6. The van der Waals surface area contributed by atoms with Gasteiger partial charge in [0.25, 0.3) is 0 Å². The minimum absolute atomic E-state index is 0.0137. The highest BCUT2D eigenvalue weighted by atomic mass is 16.5. The van der Waals surface area contributed by atoms with Gasteiger partial charge in [0.15, 0.2) is 0 Å². The zero-order valence-corrected chi connectivity index (χ0v) is 36.6. The number of carbonyl (C=O) groups is 2. The molecule has 0 bridgehead atoms. The number of carbonyl (C=O) groups excluding carboxylic acids is 1. The van der Waals surface area contributed by atoms with Gasteiger partial charge >= 0.3 is 11.9 Å². The van der Waals surface area contributed by atoms with Crippen LogP contribution < -0.4 is 0 Å². The maximum Gasteiger partial charge on any atom is 0.305 e. The number of hydrogen-bond donors (Lipinski definition) is 1. The van der Waals surface area contributed by atoms with Gasteiger partial charge in [-0.05, 0) is 44.9 Å². The van der Waals surface area contributed by atoms with E-state index in [0.29, 0.717) is 19.4 Å². The third-order valence-electron chi connectivity index (χ3n) is 11.4. The first-order valence-corrected chi connectivity index (χ1v) is 24.7. The second kappa shape index (κ2) is 47.8. The van der Waals surface area contributed by atoms with E-state index in [1.54, 1.807) is 0 Å². The van der Waals surface area contributed by atoms with Gasteiger partial charge in [-0.15, -0.1) is 0 Å². The lowest BCUT2D eigenvalue weighted by Gasteiger charge is -2.06. The van der Waals surface area contributed by atoms with Gasteiger partial charge in [0.05, 0.1) is 6.61 Å². The molecule has 0 radical (unpaired) electrons. The SMILES string of the molecule is CCCCCCCC/C=C\CCCCCCCC(=O)OCCCCCCCCCCCCCCCCCCCCCCCCCCCCCCCC(=O)O. The molecule has 0 atom stereocenters. The number of carboxylic acid groups (broad SMARTS) is 1. The third kappa shape index (κ3) is 48.7. The molecular formula is C50H96O4. The lowest BCUT2D eigenvalue weighted by atomic mass is 10.0. The fraction of sp³-hybridized carbons (Fsp3) is 0.920. The zero-order valence-electron chi connectivity index (χ0n) is 36.6. The van der Waals surface area contributed by atoms with E-state index in [0.717, 1.165) is 32.1 Å². The molecule has 1 N–H and O–H groups in total. The Bertz CT molecular complexity index is 762. The van der Waals surface area contributed by atoms with Gasteiger partial charge in [-0.2, -0.15) is 0 Å². The summed E-state index contributed by atoms with van der Waals surface area (Å²) in [4.78, 5) is 22.5. The molecule has 0 aliphatic heterocycles. The van der Waals surface area contributed by atoms with E-state index in [4.69, 9.17) is 9.84 Å². The summed E-state index contributed by atoms with van der Waals surface area (Å²) in [7, 11) is 0. The third-order valence-corrected chi connectivity index (χ3v) is 11.4. The first-order valence-electron chi connectivity index (χ1n) is 24.7. The van der Waals surface area contributed by atoms with Crippen molar-refractivity contribution in [3.05, 3.63) is 12.2 Å². The molecule has 0 aliphatic rings. The van der Waals surface area contributed by atoms with Crippen molar-refractivity contribution < 1.29 is 19.4 Å². The van der Waals surface area contributed by atoms with Crippen LogP contribution in [-0.2, 0) is 14.3 Å². The summed E-state index contributed by atoms with van der Waals surface area (Å²) in [6.07, 6.45) is 61.4. The van der Waals surface area contributed by atoms with Gasteiger partial charge in [-0.3, -0.25) is 9.59 Å².